The summed E-state index contributed by atoms with van der Waals surface area (Å²) in [4.78, 5) is 13.5. The van der Waals surface area contributed by atoms with Gasteiger partial charge in [0, 0.05) is 27.6 Å². The molecule has 32 heavy (non-hydrogen) atoms. The molecule has 0 unspecified atom stereocenters. The van der Waals surface area contributed by atoms with Gasteiger partial charge in [-0.3, -0.25) is 4.79 Å². The van der Waals surface area contributed by atoms with Gasteiger partial charge in [-0.25, -0.2) is 8.42 Å². The van der Waals surface area contributed by atoms with E-state index in [1.165, 1.54) is 35.6 Å². The van der Waals surface area contributed by atoms with Gasteiger partial charge in [0.05, 0.1) is 17.7 Å². The summed E-state index contributed by atoms with van der Waals surface area (Å²) in [6.45, 7) is 3.98. The number of hydrogen-bond acceptors (Lipinski definition) is 6. The van der Waals surface area contributed by atoms with E-state index in [-0.39, 0.29) is 28.0 Å². The van der Waals surface area contributed by atoms with Gasteiger partial charge in [0.1, 0.15) is 11.5 Å². The van der Waals surface area contributed by atoms with E-state index < -0.39 is 9.84 Å². The lowest BCUT2D eigenvalue weighted by Gasteiger charge is -2.24. The summed E-state index contributed by atoms with van der Waals surface area (Å²) in [5.41, 5.74) is 1.17. The third kappa shape index (κ3) is 4.13. The highest BCUT2D eigenvalue weighted by Gasteiger charge is 2.34. The van der Waals surface area contributed by atoms with Crippen molar-refractivity contribution in [3.8, 4) is 11.5 Å². The maximum absolute atomic E-state index is 13.2. The van der Waals surface area contributed by atoms with Gasteiger partial charge in [-0.05, 0) is 42.0 Å². The molecule has 2 aromatic carbocycles. The fraction of sp³-hybridized carbons (Fsp3) is 0.174. The highest BCUT2D eigenvalue weighted by molar-refractivity contribution is 7.91. The zero-order valence-electron chi connectivity index (χ0n) is 17.1. The minimum Gasteiger partial charge on any atom is -0.493 e. The molecule has 0 spiro atoms. The van der Waals surface area contributed by atoms with E-state index in [4.69, 9.17) is 21.1 Å². The summed E-state index contributed by atoms with van der Waals surface area (Å²) in [7, 11) is -2.29. The predicted molar refractivity (Wildman–Crippen MR) is 125 cm³/mol. The zero-order valence-corrected chi connectivity index (χ0v) is 19.5. The molecule has 1 atom stereocenters. The van der Waals surface area contributed by atoms with Crippen molar-refractivity contribution >= 4 is 44.4 Å². The highest BCUT2D eigenvalue weighted by atomic mass is 35.5. The molecule has 1 aliphatic heterocycles. The summed E-state index contributed by atoms with van der Waals surface area (Å²) >= 11 is 7.21. The van der Waals surface area contributed by atoms with Crippen molar-refractivity contribution in [3.63, 3.8) is 0 Å². The van der Waals surface area contributed by atoms with Gasteiger partial charge in [-0.2, -0.15) is 0 Å². The Balaban J connectivity index is 1.76. The molecule has 3 aromatic rings. The molecule has 0 radical (unpaired) electrons. The molecule has 0 bridgehead atoms. The molecule has 0 aliphatic carbocycles. The second-order valence-electron chi connectivity index (χ2n) is 7.11. The highest BCUT2D eigenvalue weighted by Crippen LogP contribution is 2.47. The number of fused-ring (bicyclic) bond motifs is 1. The SMILES string of the molecule is C=CCOc1ccc([C@@H]2CC(=O)Nc3c(S(=O)(=O)c4ccc(Cl)cc4)csc32)cc1OC. The number of sulfone groups is 1. The monoisotopic (exact) mass is 489 g/mol. The van der Waals surface area contributed by atoms with Crippen LogP contribution < -0.4 is 14.8 Å². The van der Waals surface area contributed by atoms with Crippen molar-refractivity contribution in [2.45, 2.75) is 22.1 Å². The van der Waals surface area contributed by atoms with E-state index in [0.29, 0.717) is 28.8 Å². The van der Waals surface area contributed by atoms with Crippen LogP contribution in [-0.4, -0.2) is 28.0 Å². The molecule has 9 heteroatoms. The normalized spacial score (nSPS) is 15.6. The molecular weight excluding hydrogens is 470 g/mol. The van der Waals surface area contributed by atoms with Crippen molar-refractivity contribution in [1.82, 2.24) is 0 Å². The van der Waals surface area contributed by atoms with Crippen LogP contribution in [0.15, 0.2) is 70.3 Å². The van der Waals surface area contributed by atoms with Crippen LogP contribution in [0.3, 0.4) is 0 Å². The summed E-state index contributed by atoms with van der Waals surface area (Å²) in [5, 5.41) is 4.78. The van der Waals surface area contributed by atoms with E-state index in [9.17, 15) is 13.2 Å². The maximum atomic E-state index is 13.2. The first-order chi connectivity index (χ1) is 15.3. The van der Waals surface area contributed by atoms with Crippen molar-refractivity contribution < 1.29 is 22.7 Å². The number of benzene rings is 2. The minimum atomic E-state index is -3.83. The van der Waals surface area contributed by atoms with Gasteiger partial charge >= 0.3 is 0 Å². The fourth-order valence-corrected chi connectivity index (χ4v) is 6.61. The zero-order chi connectivity index (χ0) is 22.9. The molecule has 0 saturated heterocycles. The van der Waals surface area contributed by atoms with Crippen LogP contribution in [-0.2, 0) is 14.6 Å². The van der Waals surface area contributed by atoms with Crippen LogP contribution in [0.25, 0.3) is 0 Å². The lowest BCUT2D eigenvalue weighted by atomic mass is 9.90. The maximum Gasteiger partial charge on any atom is 0.225 e. The molecule has 2 heterocycles. The third-order valence-corrected chi connectivity index (χ3v) is 8.41. The number of hydrogen-bond donors (Lipinski definition) is 1. The standard InChI is InChI=1S/C23H20ClNO5S2/c1-3-10-30-18-9-4-14(11-19(18)29-2)17-12-21(26)25-22-20(13-31-23(17)22)32(27,28)16-7-5-15(24)6-8-16/h3-9,11,13,17H,1,10,12H2,2H3,(H,25,26)/t17-/m0/s1. The fourth-order valence-electron chi connectivity index (χ4n) is 3.58. The number of thiophene rings is 1. The number of nitrogens with one attached hydrogen (secondary N) is 1. The van der Waals surface area contributed by atoms with Gasteiger partial charge in [0.15, 0.2) is 11.5 Å². The number of carbonyl (C=O) groups excluding carboxylic acids is 1. The van der Waals surface area contributed by atoms with Crippen LogP contribution in [0.2, 0.25) is 5.02 Å². The average molecular weight is 490 g/mol. The summed E-state index contributed by atoms with van der Waals surface area (Å²) in [6, 6.07) is 11.4. The van der Waals surface area contributed by atoms with E-state index in [1.54, 1.807) is 24.6 Å². The second-order valence-corrected chi connectivity index (χ2v) is 10.4. The number of ether oxygens (including phenoxy) is 2. The van der Waals surface area contributed by atoms with Gasteiger partial charge in [0.25, 0.3) is 0 Å². The van der Waals surface area contributed by atoms with Gasteiger partial charge < -0.3 is 14.8 Å². The quantitative estimate of drug-likeness (QED) is 0.456. The molecule has 1 amide bonds. The van der Waals surface area contributed by atoms with Crippen LogP contribution in [0.4, 0.5) is 5.69 Å². The first-order valence-electron chi connectivity index (χ1n) is 9.68. The van der Waals surface area contributed by atoms with Crippen LogP contribution in [0.1, 0.15) is 22.8 Å². The molecule has 6 nitrogen and oxygen atoms in total. The molecule has 0 fully saturated rings. The Morgan fingerprint density at radius 2 is 1.97 bits per heavy atom. The van der Waals surface area contributed by atoms with Gasteiger partial charge in [0.2, 0.25) is 15.7 Å². The number of carbonyl (C=O) groups is 1. The first kappa shape index (κ1) is 22.4. The number of anilines is 1. The smallest absolute Gasteiger partial charge is 0.225 e. The second kappa shape index (κ2) is 8.97. The Kier molecular flexibility index (Phi) is 6.28. The Bertz CT molecular complexity index is 1280. The first-order valence-corrected chi connectivity index (χ1v) is 12.4. The Hall–Kier alpha value is -2.81. The summed E-state index contributed by atoms with van der Waals surface area (Å²) in [5.74, 6) is 0.538. The molecule has 1 N–H and O–H groups in total. The molecule has 4 rings (SSSR count). The lowest BCUT2D eigenvalue weighted by Crippen LogP contribution is -2.23. The molecule has 1 aliphatic rings. The lowest BCUT2D eigenvalue weighted by molar-refractivity contribution is -0.116. The van der Waals surface area contributed by atoms with E-state index >= 15 is 0 Å². The number of methoxy groups -OCH3 is 1. The summed E-state index contributed by atoms with van der Waals surface area (Å²) in [6.07, 6.45) is 1.84. The van der Waals surface area contributed by atoms with Crippen molar-refractivity contribution in [2.24, 2.45) is 0 Å². The van der Waals surface area contributed by atoms with Gasteiger partial charge in [-0.15, -0.1) is 11.3 Å². The molecular formula is C23H20ClNO5S2. The third-order valence-electron chi connectivity index (χ3n) is 5.12. The Labute approximate surface area is 195 Å². The van der Waals surface area contributed by atoms with E-state index in [2.05, 4.69) is 11.9 Å². The number of amides is 1. The van der Waals surface area contributed by atoms with Crippen molar-refractivity contribution in [2.75, 3.05) is 19.0 Å². The van der Waals surface area contributed by atoms with Crippen molar-refractivity contribution in [1.29, 1.82) is 0 Å². The molecule has 166 valence electrons. The topological polar surface area (TPSA) is 81.7 Å². The molecule has 1 aromatic heterocycles. The minimum absolute atomic E-state index is 0.0794. The van der Waals surface area contributed by atoms with E-state index in [1.807, 2.05) is 12.1 Å². The predicted octanol–water partition coefficient (Wildman–Crippen LogP) is 5.28. The number of rotatable bonds is 7. The number of halogens is 1. The van der Waals surface area contributed by atoms with Crippen LogP contribution in [0, 0.1) is 0 Å². The van der Waals surface area contributed by atoms with Crippen LogP contribution >= 0.6 is 22.9 Å². The average Bonchev–Trinajstić information content (AvgIpc) is 3.22. The van der Waals surface area contributed by atoms with Gasteiger partial charge in [-0.1, -0.05) is 30.3 Å². The molecule has 0 saturated carbocycles. The largest absolute Gasteiger partial charge is 0.493 e. The van der Waals surface area contributed by atoms with E-state index in [0.717, 1.165) is 10.4 Å². The van der Waals surface area contributed by atoms with Crippen molar-refractivity contribution in [3.05, 3.63) is 76.0 Å². The van der Waals surface area contributed by atoms with Crippen LogP contribution in [0.5, 0.6) is 11.5 Å². The Morgan fingerprint density at radius 3 is 2.66 bits per heavy atom. The Morgan fingerprint density at radius 1 is 1.22 bits per heavy atom. The summed E-state index contributed by atoms with van der Waals surface area (Å²) < 4.78 is 37.5.